The van der Waals surface area contributed by atoms with Crippen LogP contribution in [0.3, 0.4) is 0 Å². The number of fused-ring (bicyclic) bond motifs is 1. The lowest BCUT2D eigenvalue weighted by Gasteiger charge is -2.34. The minimum Gasteiger partial charge on any atom is -0.374 e. The van der Waals surface area contributed by atoms with Crippen molar-refractivity contribution in [3.05, 3.63) is 36.0 Å². The number of halogens is 1. The number of primary amides is 1. The topological polar surface area (TPSA) is 57.2 Å². The highest BCUT2D eigenvalue weighted by Crippen LogP contribution is 2.28. The molecule has 3 rings (SSSR count). The quantitative estimate of drug-likeness (QED) is 0.894. The molecule has 0 atom stereocenters. The highest BCUT2D eigenvalue weighted by molar-refractivity contribution is 6.06. The third-order valence-corrected chi connectivity index (χ3v) is 3.23. The van der Waals surface area contributed by atoms with E-state index in [0.29, 0.717) is 5.56 Å². The van der Waals surface area contributed by atoms with E-state index >= 15 is 0 Å². The number of amides is 1. The monoisotopic (exact) mass is 248 g/mol. The second kappa shape index (κ2) is 3.81. The van der Waals surface area contributed by atoms with Crippen LogP contribution in [-0.2, 0) is 11.3 Å². The number of aromatic nitrogens is 1. The molecular weight excluding hydrogens is 235 g/mol. The molecule has 0 bridgehead atoms. The summed E-state index contributed by atoms with van der Waals surface area (Å²) >= 11 is 0. The van der Waals surface area contributed by atoms with Gasteiger partial charge in [-0.1, -0.05) is 18.2 Å². The Labute approximate surface area is 103 Å². The van der Waals surface area contributed by atoms with Gasteiger partial charge >= 0.3 is 0 Å². The molecule has 0 spiro atoms. The maximum absolute atomic E-state index is 14.1. The lowest BCUT2D eigenvalue weighted by Crippen LogP contribution is -2.48. The summed E-state index contributed by atoms with van der Waals surface area (Å²) in [5.74, 6) is -0.497. The fourth-order valence-corrected chi connectivity index (χ4v) is 2.29. The molecule has 4 nitrogen and oxygen atoms in total. The van der Waals surface area contributed by atoms with Crippen LogP contribution in [0.25, 0.3) is 10.9 Å². The molecule has 2 heterocycles. The predicted molar refractivity (Wildman–Crippen MR) is 65.1 cm³/mol. The molecule has 0 saturated carbocycles. The number of para-hydroxylation sites is 1. The van der Waals surface area contributed by atoms with Crippen molar-refractivity contribution in [1.29, 1.82) is 0 Å². The van der Waals surface area contributed by atoms with Gasteiger partial charge in [0.05, 0.1) is 25.3 Å². The molecule has 1 aromatic carbocycles. The average Bonchev–Trinajstić information content (AvgIpc) is 2.67. The number of ether oxygens (including phenoxy) is 1. The number of hydrogen-bond acceptors (Lipinski definition) is 2. The molecule has 5 heteroatoms. The summed E-state index contributed by atoms with van der Waals surface area (Å²) in [4.78, 5) is 11.4. The highest BCUT2D eigenvalue weighted by Gasteiger charge is 2.39. The first-order valence-corrected chi connectivity index (χ1v) is 5.73. The number of benzene rings is 1. The van der Waals surface area contributed by atoms with Gasteiger partial charge in [-0.3, -0.25) is 4.79 Å². The Kier molecular flexibility index (Phi) is 2.38. The Hall–Kier alpha value is -1.88. The zero-order valence-corrected chi connectivity index (χ0v) is 9.73. The smallest absolute Gasteiger partial charge is 0.250 e. The van der Waals surface area contributed by atoms with Gasteiger partial charge in [0.15, 0.2) is 5.67 Å². The van der Waals surface area contributed by atoms with Crippen molar-refractivity contribution >= 4 is 16.8 Å². The third kappa shape index (κ3) is 1.67. The summed E-state index contributed by atoms with van der Waals surface area (Å²) in [7, 11) is 0. The van der Waals surface area contributed by atoms with Gasteiger partial charge in [-0.15, -0.1) is 0 Å². The first kappa shape index (κ1) is 11.2. The van der Waals surface area contributed by atoms with E-state index in [1.807, 2.05) is 24.3 Å². The summed E-state index contributed by atoms with van der Waals surface area (Å²) in [6.07, 6.45) is 1.62. The Bertz CT molecular complexity index is 616. The molecule has 0 unspecified atom stereocenters. The van der Waals surface area contributed by atoms with Crippen molar-refractivity contribution < 1.29 is 13.9 Å². The standard InChI is InChI=1S/C13H13FN2O2/c14-13(7-18-8-13)6-16-5-10(12(15)17)9-3-1-2-4-11(9)16/h1-5H,6-8H2,(H2,15,17). The molecule has 2 aromatic rings. The zero-order valence-electron chi connectivity index (χ0n) is 9.73. The molecular formula is C13H13FN2O2. The molecule has 2 N–H and O–H groups in total. The maximum atomic E-state index is 14.1. The Morgan fingerprint density at radius 3 is 2.78 bits per heavy atom. The molecule has 1 fully saturated rings. The molecule has 1 saturated heterocycles. The number of rotatable bonds is 3. The van der Waals surface area contributed by atoms with Gasteiger partial charge in [-0.25, -0.2) is 4.39 Å². The number of hydrogen-bond donors (Lipinski definition) is 1. The van der Waals surface area contributed by atoms with Gasteiger partial charge in [-0.05, 0) is 6.07 Å². The lowest BCUT2D eigenvalue weighted by molar-refractivity contribution is -0.136. The van der Waals surface area contributed by atoms with Crippen molar-refractivity contribution in [3.8, 4) is 0 Å². The summed E-state index contributed by atoms with van der Waals surface area (Å²) in [6, 6.07) is 7.35. The van der Waals surface area contributed by atoms with Crippen LogP contribution < -0.4 is 5.73 Å². The van der Waals surface area contributed by atoms with E-state index in [9.17, 15) is 9.18 Å². The number of carbonyl (C=O) groups excluding carboxylic acids is 1. The van der Waals surface area contributed by atoms with E-state index in [1.54, 1.807) is 10.8 Å². The van der Waals surface area contributed by atoms with E-state index in [2.05, 4.69) is 0 Å². The summed E-state index contributed by atoms with van der Waals surface area (Å²) in [5.41, 5.74) is 5.24. The number of alkyl halides is 1. The van der Waals surface area contributed by atoms with Crippen LogP contribution in [0.5, 0.6) is 0 Å². The van der Waals surface area contributed by atoms with Gasteiger partial charge in [0.1, 0.15) is 0 Å². The normalized spacial score (nSPS) is 17.6. The van der Waals surface area contributed by atoms with Crippen LogP contribution in [0.4, 0.5) is 4.39 Å². The fourth-order valence-electron chi connectivity index (χ4n) is 2.29. The molecule has 1 amide bonds. The average molecular weight is 248 g/mol. The zero-order chi connectivity index (χ0) is 12.8. The van der Waals surface area contributed by atoms with Crippen molar-refractivity contribution in [1.82, 2.24) is 4.57 Å². The van der Waals surface area contributed by atoms with E-state index in [0.717, 1.165) is 10.9 Å². The molecule has 1 aliphatic heterocycles. The fraction of sp³-hybridized carbons (Fsp3) is 0.308. The highest BCUT2D eigenvalue weighted by atomic mass is 19.1. The molecule has 94 valence electrons. The van der Waals surface area contributed by atoms with Gasteiger partial charge in [0.25, 0.3) is 5.91 Å². The SMILES string of the molecule is NC(=O)c1cn(CC2(F)COC2)c2ccccc12. The molecule has 1 aliphatic rings. The molecule has 18 heavy (non-hydrogen) atoms. The second-order valence-electron chi connectivity index (χ2n) is 4.70. The number of nitrogens with two attached hydrogens (primary N) is 1. The summed E-state index contributed by atoms with van der Waals surface area (Å²) in [5, 5.41) is 0.758. The van der Waals surface area contributed by atoms with Gasteiger partial charge in [-0.2, -0.15) is 0 Å². The first-order valence-electron chi connectivity index (χ1n) is 5.73. The van der Waals surface area contributed by atoms with E-state index in [1.165, 1.54) is 0 Å². The van der Waals surface area contributed by atoms with Crippen LogP contribution in [-0.4, -0.2) is 29.4 Å². The molecule has 0 aliphatic carbocycles. The predicted octanol–water partition coefficient (Wildman–Crippen LogP) is 1.48. The van der Waals surface area contributed by atoms with Gasteiger partial charge < -0.3 is 15.0 Å². The Morgan fingerprint density at radius 2 is 2.17 bits per heavy atom. The van der Waals surface area contributed by atoms with Gasteiger partial charge in [0.2, 0.25) is 0 Å². The maximum Gasteiger partial charge on any atom is 0.250 e. The van der Waals surface area contributed by atoms with Crippen molar-refractivity contribution in [2.24, 2.45) is 5.73 Å². The van der Waals surface area contributed by atoms with Crippen LogP contribution in [0.1, 0.15) is 10.4 Å². The van der Waals surface area contributed by atoms with E-state index in [-0.39, 0.29) is 19.8 Å². The van der Waals surface area contributed by atoms with Crippen molar-refractivity contribution in [2.45, 2.75) is 12.2 Å². The van der Waals surface area contributed by atoms with Crippen LogP contribution >= 0.6 is 0 Å². The molecule has 0 radical (unpaired) electrons. The minimum atomic E-state index is -1.34. The largest absolute Gasteiger partial charge is 0.374 e. The summed E-state index contributed by atoms with van der Waals surface area (Å²) in [6.45, 7) is 0.387. The summed E-state index contributed by atoms with van der Waals surface area (Å²) < 4.78 is 20.7. The van der Waals surface area contributed by atoms with Gasteiger partial charge in [0, 0.05) is 17.1 Å². The minimum absolute atomic E-state index is 0.103. The number of nitrogens with zero attached hydrogens (tertiary/aromatic N) is 1. The van der Waals surface area contributed by atoms with E-state index < -0.39 is 11.6 Å². The number of carbonyl (C=O) groups is 1. The Balaban J connectivity index is 2.08. The van der Waals surface area contributed by atoms with Crippen LogP contribution in [0.15, 0.2) is 30.5 Å². The Morgan fingerprint density at radius 1 is 1.44 bits per heavy atom. The third-order valence-electron chi connectivity index (χ3n) is 3.23. The first-order chi connectivity index (χ1) is 8.59. The van der Waals surface area contributed by atoms with E-state index in [4.69, 9.17) is 10.5 Å². The van der Waals surface area contributed by atoms with Crippen LogP contribution in [0.2, 0.25) is 0 Å². The van der Waals surface area contributed by atoms with Crippen LogP contribution in [0, 0.1) is 0 Å². The van der Waals surface area contributed by atoms with Crippen molar-refractivity contribution in [2.75, 3.05) is 13.2 Å². The molecule has 1 aromatic heterocycles. The second-order valence-corrected chi connectivity index (χ2v) is 4.70. The van der Waals surface area contributed by atoms with Crippen molar-refractivity contribution in [3.63, 3.8) is 0 Å². The lowest BCUT2D eigenvalue weighted by atomic mass is 10.1.